The van der Waals surface area contributed by atoms with Gasteiger partial charge in [0.2, 0.25) is 10.0 Å². The number of ether oxygens (including phenoxy) is 2. The van der Waals surface area contributed by atoms with Crippen molar-refractivity contribution in [2.24, 2.45) is 5.14 Å². The molecular weight excluding hydrogens is 384 g/mol. The lowest BCUT2D eigenvalue weighted by Crippen LogP contribution is -2.43. The molecule has 1 amide bonds. The molecule has 2 aromatic rings. The third-order valence-electron chi connectivity index (χ3n) is 3.70. The van der Waals surface area contributed by atoms with Crippen LogP contribution in [0, 0.1) is 0 Å². The molecule has 0 radical (unpaired) electrons. The van der Waals surface area contributed by atoms with E-state index in [1.807, 2.05) is 12.1 Å². The molecule has 2 aromatic carbocycles. The highest BCUT2D eigenvalue weighted by Crippen LogP contribution is 2.06. The predicted octanol–water partition coefficient (Wildman–Crippen LogP) is 1.70. The molecule has 0 fully saturated rings. The van der Waals surface area contributed by atoms with Gasteiger partial charge >= 0.3 is 12.1 Å². The number of alkyl carbamates (subject to hydrolysis) is 1. The van der Waals surface area contributed by atoms with Gasteiger partial charge in [-0.3, -0.25) is 0 Å². The van der Waals surface area contributed by atoms with Crippen molar-refractivity contribution in [1.29, 1.82) is 0 Å². The Labute approximate surface area is 163 Å². The third-order valence-corrected chi connectivity index (χ3v) is 4.51. The number of primary sulfonamides is 1. The lowest BCUT2D eigenvalue weighted by atomic mass is 10.2. The van der Waals surface area contributed by atoms with Crippen molar-refractivity contribution in [2.75, 3.05) is 5.75 Å². The standard InChI is InChI=1S/C19H22N2O6S/c20-28(24,25)12-11-17(18(22)26-13-15-7-3-1-4-8-15)21-19(23)27-14-16-9-5-2-6-10-16/h1-10,17H,11-14H2,(H,21,23)(H2,20,24,25). The van der Waals surface area contributed by atoms with Crippen LogP contribution in [-0.2, 0) is 37.5 Å². The second-order valence-corrected chi connectivity index (χ2v) is 7.74. The highest BCUT2D eigenvalue weighted by molar-refractivity contribution is 7.89. The molecule has 0 saturated carbocycles. The Kier molecular flexibility index (Phi) is 7.97. The number of esters is 1. The van der Waals surface area contributed by atoms with E-state index >= 15 is 0 Å². The first-order valence-electron chi connectivity index (χ1n) is 8.52. The maximum Gasteiger partial charge on any atom is 0.408 e. The molecule has 2 rings (SSSR count). The molecule has 0 aliphatic rings. The molecule has 0 saturated heterocycles. The Morgan fingerprint density at radius 2 is 1.39 bits per heavy atom. The monoisotopic (exact) mass is 406 g/mol. The van der Waals surface area contributed by atoms with Gasteiger partial charge in [-0.15, -0.1) is 0 Å². The summed E-state index contributed by atoms with van der Waals surface area (Å²) in [4.78, 5) is 24.3. The minimum Gasteiger partial charge on any atom is -0.459 e. The van der Waals surface area contributed by atoms with Gasteiger partial charge in [0.1, 0.15) is 19.3 Å². The van der Waals surface area contributed by atoms with Crippen LogP contribution in [0.2, 0.25) is 0 Å². The smallest absolute Gasteiger partial charge is 0.408 e. The third kappa shape index (κ3) is 8.19. The number of hydrogen-bond acceptors (Lipinski definition) is 6. The van der Waals surface area contributed by atoms with Crippen LogP contribution in [-0.4, -0.2) is 32.3 Å². The van der Waals surface area contributed by atoms with Gasteiger partial charge in [-0.25, -0.2) is 23.1 Å². The summed E-state index contributed by atoms with van der Waals surface area (Å²) in [6.07, 6.45) is -1.09. The molecule has 0 aromatic heterocycles. The quantitative estimate of drug-likeness (QED) is 0.611. The number of carbonyl (C=O) groups excluding carboxylic acids is 2. The Morgan fingerprint density at radius 3 is 1.89 bits per heavy atom. The topological polar surface area (TPSA) is 125 Å². The zero-order valence-electron chi connectivity index (χ0n) is 15.1. The van der Waals surface area contributed by atoms with Crippen LogP contribution in [0.4, 0.5) is 4.79 Å². The number of sulfonamides is 1. The minimum atomic E-state index is -3.81. The average molecular weight is 406 g/mol. The van der Waals surface area contributed by atoms with E-state index in [0.717, 1.165) is 11.1 Å². The summed E-state index contributed by atoms with van der Waals surface area (Å²) < 4.78 is 32.7. The fourth-order valence-electron chi connectivity index (χ4n) is 2.27. The molecule has 8 nitrogen and oxygen atoms in total. The molecule has 0 heterocycles. The fourth-order valence-corrected chi connectivity index (χ4v) is 2.83. The lowest BCUT2D eigenvalue weighted by molar-refractivity contribution is -0.147. The maximum absolute atomic E-state index is 12.3. The van der Waals surface area contributed by atoms with E-state index in [1.54, 1.807) is 48.5 Å². The summed E-state index contributed by atoms with van der Waals surface area (Å²) in [6, 6.07) is 16.7. The van der Waals surface area contributed by atoms with Crippen molar-refractivity contribution in [3.8, 4) is 0 Å². The summed E-state index contributed by atoms with van der Waals surface area (Å²) in [5.74, 6) is -1.26. The number of amides is 1. The van der Waals surface area contributed by atoms with E-state index in [9.17, 15) is 18.0 Å². The number of hydrogen-bond donors (Lipinski definition) is 2. The van der Waals surface area contributed by atoms with E-state index in [2.05, 4.69) is 5.32 Å². The van der Waals surface area contributed by atoms with Gasteiger partial charge < -0.3 is 14.8 Å². The van der Waals surface area contributed by atoms with Gasteiger partial charge in [-0.2, -0.15) is 0 Å². The van der Waals surface area contributed by atoms with Crippen molar-refractivity contribution in [1.82, 2.24) is 5.32 Å². The zero-order chi connectivity index (χ0) is 20.4. The van der Waals surface area contributed by atoms with Gasteiger partial charge in [-0.05, 0) is 17.5 Å². The van der Waals surface area contributed by atoms with E-state index in [0.29, 0.717) is 0 Å². The molecule has 1 unspecified atom stereocenters. The van der Waals surface area contributed by atoms with Gasteiger partial charge in [0.15, 0.2) is 0 Å². The SMILES string of the molecule is NS(=O)(=O)CCC(NC(=O)OCc1ccccc1)C(=O)OCc1ccccc1. The number of rotatable bonds is 9. The molecule has 0 aliphatic heterocycles. The van der Waals surface area contributed by atoms with E-state index in [1.165, 1.54) is 0 Å². The van der Waals surface area contributed by atoms with E-state index in [4.69, 9.17) is 14.6 Å². The maximum atomic E-state index is 12.3. The van der Waals surface area contributed by atoms with E-state index in [-0.39, 0.29) is 19.6 Å². The highest BCUT2D eigenvalue weighted by atomic mass is 32.2. The predicted molar refractivity (Wildman–Crippen MR) is 102 cm³/mol. The van der Waals surface area contributed by atoms with Gasteiger partial charge in [0.25, 0.3) is 0 Å². The first-order chi connectivity index (χ1) is 13.3. The van der Waals surface area contributed by atoms with Crippen LogP contribution in [0.5, 0.6) is 0 Å². The lowest BCUT2D eigenvalue weighted by Gasteiger charge is -2.17. The van der Waals surface area contributed by atoms with Crippen LogP contribution in [0.15, 0.2) is 60.7 Å². The number of benzene rings is 2. The van der Waals surface area contributed by atoms with Crippen molar-refractivity contribution < 1.29 is 27.5 Å². The minimum absolute atomic E-state index is 0.00758. The van der Waals surface area contributed by atoms with Crippen LogP contribution in [0.25, 0.3) is 0 Å². The summed E-state index contributed by atoms with van der Waals surface area (Å²) in [6.45, 7) is -0.0000644. The number of nitrogens with two attached hydrogens (primary N) is 1. The zero-order valence-corrected chi connectivity index (χ0v) is 15.9. The normalized spacial score (nSPS) is 12.0. The second kappa shape index (κ2) is 10.4. The Hall–Kier alpha value is -2.91. The summed E-state index contributed by atoms with van der Waals surface area (Å²) in [5, 5.41) is 7.33. The molecule has 0 bridgehead atoms. The highest BCUT2D eigenvalue weighted by Gasteiger charge is 2.24. The molecule has 0 spiro atoms. The first-order valence-corrected chi connectivity index (χ1v) is 10.2. The molecular formula is C19H22N2O6S. The van der Waals surface area contributed by atoms with Gasteiger partial charge in [0, 0.05) is 0 Å². The largest absolute Gasteiger partial charge is 0.459 e. The number of carbonyl (C=O) groups is 2. The van der Waals surface area contributed by atoms with Crippen LogP contribution in [0.1, 0.15) is 17.5 Å². The van der Waals surface area contributed by atoms with Crippen molar-refractivity contribution in [3.05, 3.63) is 71.8 Å². The summed E-state index contributed by atoms with van der Waals surface area (Å²) >= 11 is 0. The van der Waals surface area contributed by atoms with Crippen LogP contribution in [0.3, 0.4) is 0 Å². The second-order valence-electron chi connectivity index (χ2n) is 6.01. The molecule has 1 atom stereocenters. The van der Waals surface area contributed by atoms with E-state index < -0.39 is 33.9 Å². The van der Waals surface area contributed by atoms with Crippen LogP contribution < -0.4 is 10.5 Å². The molecule has 28 heavy (non-hydrogen) atoms. The molecule has 9 heteroatoms. The Balaban J connectivity index is 1.93. The fraction of sp³-hybridized carbons (Fsp3) is 0.263. The van der Waals surface area contributed by atoms with Crippen LogP contribution >= 0.6 is 0 Å². The summed E-state index contributed by atoms with van der Waals surface area (Å²) in [7, 11) is -3.81. The van der Waals surface area contributed by atoms with Gasteiger partial charge in [0.05, 0.1) is 5.75 Å². The average Bonchev–Trinajstić information content (AvgIpc) is 2.68. The molecule has 150 valence electrons. The molecule has 0 aliphatic carbocycles. The van der Waals surface area contributed by atoms with Crippen molar-refractivity contribution in [3.63, 3.8) is 0 Å². The Bertz CT molecular complexity index is 872. The molecule has 3 N–H and O–H groups in total. The van der Waals surface area contributed by atoms with Crippen molar-refractivity contribution in [2.45, 2.75) is 25.7 Å². The van der Waals surface area contributed by atoms with Gasteiger partial charge in [-0.1, -0.05) is 60.7 Å². The van der Waals surface area contributed by atoms with Crippen molar-refractivity contribution >= 4 is 22.1 Å². The summed E-state index contributed by atoms with van der Waals surface area (Å²) in [5.41, 5.74) is 1.53. The number of nitrogens with one attached hydrogen (secondary N) is 1. The Morgan fingerprint density at radius 1 is 0.893 bits per heavy atom. The first kappa shape index (κ1) is 21.4.